The van der Waals surface area contributed by atoms with Gasteiger partial charge in [0, 0.05) is 12.0 Å². The number of ether oxygens (including phenoxy) is 2. The number of aromatic amines is 1. The van der Waals surface area contributed by atoms with Crippen LogP contribution < -0.4 is 26.0 Å². The summed E-state index contributed by atoms with van der Waals surface area (Å²) in [5.41, 5.74) is 2.18. The molecule has 3 aromatic rings. The SMILES string of the molecule is COc1cc2c(cc1OC)[C@H](c1c(O)n(-c3ccc(C)cc3)c(=O)[nH]c1=O)[NH2+]CC2. The molecule has 4 N–H and O–H groups in total. The van der Waals surface area contributed by atoms with Crippen LogP contribution in [0.25, 0.3) is 5.69 Å². The highest BCUT2D eigenvalue weighted by molar-refractivity contribution is 5.51. The molecule has 1 aromatic heterocycles. The molecule has 0 saturated heterocycles. The van der Waals surface area contributed by atoms with E-state index in [1.807, 2.05) is 36.5 Å². The maximum Gasteiger partial charge on any atom is 0.335 e. The number of quaternary nitrogens is 1. The van der Waals surface area contributed by atoms with Gasteiger partial charge in [-0.2, -0.15) is 0 Å². The second-order valence-corrected chi connectivity index (χ2v) is 7.33. The van der Waals surface area contributed by atoms with Gasteiger partial charge in [-0.05, 0) is 36.8 Å². The fraction of sp³-hybridized carbons (Fsp3) is 0.273. The van der Waals surface area contributed by atoms with Crippen molar-refractivity contribution < 1.29 is 19.9 Å². The van der Waals surface area contributed by atoms with Gasteiger partial charge in [0.05, 0.1) is 26.5 Å². The van der Waals surface area contributed by atoms with Crippen molar-refractivity contribution in [3.05, 3.63) is 79.5 Å². The standard InChI is InChI=1S/C22H23N3O5/c1-12-4-6-14(7-5-12)25-21(27)18(20(26)24-22(25)28)19-15-11-17(30-3)16(29-2)10-13(15)8-9-23-19/h4-7,10-11,19,23,27H,8-9H2,1-3H3,(H,24,26,28)/p+1/t19-/m1/s1. The van der Waals surface area contributed by atoms with E-state index in [4.69, 9.17) is 9.47 Å². The molecule has 0 unspecified atom stereocenters. The van der Waals surface area contributed by atoms with Crippen molar-refractivity contribution in [1.82, 2.24) is 9.55 Å². The lowest BCUT2D eigenvalue weighted by atomic mass is 9.90. The highest BCUT2D eigenvalue weighted by atomic mass is 16.5. The Bertz CT molecular complexity index is 1210. The lowest BCUT2D eigenvalue weighted by molar-refractivity contribution is -0.690. The molecule has 156 valence electrons. The van der Waals surface area contributed by atoms with Gasteiger partial charge >= 0.3 is 5.69 Å². The lowest BCUT2D eigenvalue weighted by Gasteiger charge is -2.26. The zero-order chi connectivity index (χ0) is 21.4. The van der Waals surface area contributed by atoms with Crippen LogP contribution in [0.3, 0.4) is 0 Å². The summed E-state index contributed by atoms with van der Waals surface area (Å²) in [7, 11) is 3.12. The first kappa shape index (κ1) is 19.8. The highest BCUT2D eigenvalue weighted by Crippen LogP contribution is 2.36. The molecule has 0 bridgehead atoms. The molecule has 0 saturated carbocycles. The Balaban J connectivity index is 1.93. The minimum Gasteiger partial charge on any atom is -0.494 e. The van der Waals surface area contributed by atoms with Crippen LogP contribution in [0.15, 0.2) is 46.0 Å². The Hall–Kier alpha value is -3.52. The summed E-state index contributed by atoms with van der Waals surface area (Å²) in [5.74, 6) is 0.787. The van der Waals surface area contributed by atoms with Crippen LogP contribution >= 0.6 is 0 Å². The zero-order valence-electron chi connectivity index (χ0n) is 17.1. The largest absolute Gasteiger partial charge is 0.494 e. The van der Waals surface area contributed by atoms with Gasteiger partial charge in [-0.25, -0.2) is 9.36 Å². The number of aromatic hydroxyl groups is 1. The fourth-order valence-corrected chi connectivity index (χ4v) is 4.00. The van der Waals surface area contributed by atoms with Crippen molar-refractivity contribution >= 4 is 0 Å². The summed E-state index contributed by atoms with van der Waals surface area (Å²) in [6.45, 7) is 2.65. The van der Waals surface area contributed by atoms with E-state index in [1.54, 1.807) is 26.4 Å². The molecular formula is C22H24N3O5+. The first-order valence-electron chi connectivity index (χ1n) is 9.68. The van der Waals surface area contributed by atoms with E-state index in [9.17, 15) is 14.7 Å². The summed E-state index contributed by atoms with van der Waals surface area (Å²) in [4.78, 5) is 27.6. The quantitative estimate of drug-likeness (QED) is 0.588. The van der Waals surface area contributed by atoms with Crippen molar-refractivity contribution in [2.45, 2.75) is 19.4 Å². The number of hydrogen-bond donors (Lipinski definition) is 3. The molecule has 4 rings (SSSR count). The van der Waals surface area contributed by atoms with Crippen molar-refractivity contribution in [2.24, 2.45) is 0 Å². The third-order valence-electron chi connectivity index (χ3n) is 5.52. The van der Waals surface area contributed by atoms with Gasteiger partial charge in [0.25, 0.3) is 5.56 Å². The van der Waals surface area contributed by atoms with Crippen LogP contribution in [0.1, 0.15) is 28.3 Å². The molecule has 2 heterocycles. The summed E-state index contributed by atoms with van der Waals surface area (Å²) in [6.07, 6.45) is 0.780. The van der Waals surface area contributed by atoms with E-state index in [0.29, 0.717) is 17.2 Å². The first-order chi connectivity index (χ1) is 14.4. The summed E-state index contributed by atoms with van der Waals surface area (Å²) in [6, 6.07) is 10.4. The van der Waals surface area contributed by atoms with Crippen molar-refractivity contribution in [2.75, 3.05) is 20.8 Å². The summed E-state index contributed by atoms with van der Waals surface area (Å²) >= 11 is 0. The van der Waals surface area contributed by atoms with Gasteiger partial charge in [-0.3, -0.25) is 9.78 Å². The fourth-order valence-electron chi connectivity index (χ4n) is 4.00. The molecule has 0 aliphatic carbocycles. The summed E-state index contributed by atoms with van der Waals surface area (Å²) in [5, 5.41) is 13.0. The molecule has 1 aliphatic rings. The van der Waals surface area contributed by atoms with Gasteiger partial charge < -0.3 is 19.9 Å². The number of aryl methyl sites for hydroxylation is 1. The predicted octanol–water partition coefficient (Wildman–Crippen LogP) is 0.766. The van der Waals surface area contributed by atoms with Gasteiger partial charge in [-0.1, -0.05) is 17.7 Å². The average Bonchev–Trinajstić information content (AvgIpc) is 2.73. The Morgan fingerprint density at radius 3 is 2.43 bits per heavy atom. The average molecular weight is 410 g/mol. The van der Waals surface area contributed by atoms with E-state index in [2.05, 4.69) is 4.98 Å². The van der Waals surface area contributed by atoms with Crippen molar-refractivity contribution in [1.29, 1.82) is 0 Å². The van der Waals surface area contributed by atoms with Gasteiger partial charge in [0.2, 0.25) is 5.88 Å². The summed E-state index contributed by atoms with van der Waals surface area (Å²) < 4.78 is 11.9. The molecule has 0 fully saturated rings. The van der Waals surface area contributed by atoms with Crippen LogP contribution in [0, 0.1) is 6.92 Å². The van der Waals surface area contributed by atoms with E-state index >= 15 is 0 Å². The second kappa shape index (κ2) is 7.72. The zero-order valence-corrected chi connectivity index (χ0v) is 17.1. The predicted molar refractivity (Wildman–Crippen MR) is 111 cm³/mol. The molecule has 30 heavy (non-hydrogen) atoms. The van der Waals surface area contributed by atoms with E-state index < -0.39 is 17.3 Å². The highest BCUT2D eigenvalue weighted by Gasteiger charge is 2.33. The van der Waals surface area contributed by atoms with Crippen LogP contribution in [0.4, 0.5) is 0 Å². The number of methoxy groups -OCH3 is 2. The van der Waals surface area contributed by atoms with Crippen LogP contribution in [0.2, 0.25) is 0 Å². The number of nitrogens with zero attached hydrogens (tertiary/aromatic N) is 1. The second-order valence-electron chi connectivity index (χ2n) is 7.33. The van der Waals surface area contributed by atoms with Crippen LogP contribution in [0.5, 0.6) is 17.4 Å². The van der Waals surface area contributed by atoms with Crippen LogP contribution in [-0.4, -0.2) is 35.4 Å². The van der Waals surface area contributed by atoms with E-state index in [-0.39, 0.29) is 11.4 Å². The third kappa shape index (κ3) is 3.25. The minimum absolute atomic E-state index is 0.128. The molecular weight excluding hydrogens is 386 g/mol. The monoisotopic (exact) mass is 410 g/mol. The topological polar surface area (TPSA) is 110 Å². The molecule has 0 spiro atoms. The number of aromatic nitrogens is 2. The number of nitrogens with one attached hydrogen (secondary N) is 1. The number of fused-ring (bicyclic) bond motifs is 1. The molecule has 1 atom stereocenters. The van der Waals surface area contributed by atoms with Gasteiger partial charge in [0.15, 0.2) is 11.5 Å². The number of hydrogen-bond acceptors (Lipinski definition) is 5. The smallest absolute Gasteiger partial charge is 0.335 e. The van der Waals surface area contributed by atoms with E-state index in [1.165, 1.54) is 0 Å². The molecule has 2 aromatic carbocycles. The molecule has 0 radical (unpaired) electrons. The Labute approximate surface area is 172 Å². The van der Waals surface area contributed by atoms with Crippen molar-refractivity contribution in [3.8, 4) is 23.1 Å². The normalized spacial score (nSPS) is 15.5. The lowest BCUT2D eigenvalue weighted by Crippen LogP contribution is -2.87. The first-order valence-corrected chi connectivity index (χ1v) is 9.68. The third-order valence-corrected chi connectivity index (χ3v) is 5.52. The number of H-pyrrole nitrogens is 1. The van der Waals surface area contributed by atoms with Gasteiger partial charge in [-0.15, -0.1) is 0 Å². The van der Waals surface area contributed by atoms with Crippen molar-refractivity contribution in [3.63, 3.8) is 0 Å². The number of benzene rings is 2. The maximum atomic E-state index is 12.8. The maximum absolute atomic E-state index is 12.8. The Morgan fingerprint density at radius 1 is 1.10 bits per heavy atom. The molecule has 8 heteroatoms. The Kier molecular flexibility index (Phi) is 5.09. The number of rotatable bonds is 4. The minimum atomic E-state index is -0.687. The molecule has 8 nitrogen and oxygen atoms in total. The molecule has 1 aliphatic heterocycles. The number of nitrogens with two attached hydrogens (primary N) is 1. The Morgan fingerprint density at radius 2 is 1.77 bits per heavy atom. The van der Waals surface area contributed by atoms with Gasteiger partial charge in [0.1, 0.15) is 11.6 Å². The van der Waals surface area contributed by atoms with E-state index in [0.717, 1.165) is 34.2 Å². The van der Waals surface area contributed by atoms with Crippen LogP contribution in [-0.2, 0) is 6.42 Å². The molecule has 0 amide bonds.